The lowest BCUT2D eigenvalue weighted by Gasteiger charge is -2.35. The molecule has 1 fully saturated rings. The highest BCUT2D eigenvalue weighted by Gasteiger charge is 2.18. The first-order valence-corrected chi connectivity index (χ1v) is 10.3. The van der Waals surface area contributed by atoms with Crippen LogP contribution in [-0.4, -0.2) is 56.4 Å². The molecule has 2 aromatic carbocycles. The van der Waals surface area contributed by atoms with Crippen molar-refractivity contribution in [3.8, 4) is 0 Å². The maximum atomic E-state index is 8.34. The fraction of sp³-hybridized carbons (Fsp3) is 0.435. The van der Waals surface area contributed by atoms with Crippen molar-refractivity contribution in [3.63, 3.8) is 0 Å². The fourth-order valence-electron chi connectivity index (χ4n) is 3.74. The fourth-order valence-corrected chi connectivity index (χ4v) is 3.74. The molecule has 28 heavy (non-hydrogen) atoms. The zero-order chi connectivity index (χ0) is 19.9. The monoisotopic (exact) mass is 379 g/mol. The van der Waals surface area contributed by atoms with Gasteiger partial charge in [-0.05, 0) is 43.7 Å². The van der Waals surface area contributed by atoms with Gasteiger partial charge in [0.25, 0.3) is 0 Å². The highest BCUT2D eigenvalue weighted by molar-refractivity contribution is 6.04. The Kier molecular flexibility index (Phi) is 7.06. The summed E-state index contributed by atoms with van der Waals surface area (Å²) in [4.78, 5) is 4.87. The van der Waals surface area contributed by atoms with Gasteiger partial charge in [-0.2, -0.15) is 0 Å². The third-order valence-corrected chi connectivity index (χ3v) is 5.49. The molecule has 0 bridgehead atoms. The van der Waals surface area contributed by atoms with Gasteiger partial charge in [0, 0.05) is 74.2 Å². The second-order valence-electron chi connectivity index (χ2n) is 7.57. The Morgan fingerprint density at radius 3 is 2.57 bits per heavy atom. The van der Waals surface area contributed by atoms with Crippen molar-refractivity contribution in [3.05, 3.63) is 54.1 Å². The molecule has 5 heteroatoms. The molecule has 150 valence electrons. The smallest absolute Gasteiger partial charge is 0.0496 e. The minimum Gasteiger partial charge on any atom is -0.373 e. The quantitative estimate of drug-likeness (QED) is 0.608. The second kappa shape index (κ2) is 9.71. The number of rotatable bonds is 8. The molecule has 0 aliphatic carbocycles. The molecule has 0 spiro atoms. The normalized spacial score (nSPS) is 15.8. The van der Waals surface area contributed by atoms with Crippen LogP contribution in [0.4, 0.5) is 17.1 Å². The molecule has 0 radical (unpaired) electrons. The largest absolute Gasteiger partial charge is 0.373 e. The first kappa shape index (κ1) is 20.4. The Morgan fingerprint density at radius 2 is 1.89 bits per heavy atom. The minimum atomic E-state index is 0.506. The van der Waals surface area contributed by atoms with E-state index in [1.165, 1.54) is 5.69 Å². The van der Waals surface area contributed by atoms with E-state index >= 15 is 0 Å². The number of piperazine rings is 1. The van der Waals surface area contributed by atoms with E-state index in [1.54, 1.807) is 0 Å². The molecule has 3 N–H and O–H groups in total. The maximum Gasteiger partial charge on any atom is 0.0496 e. The van der Waals surface area contributed by atoms with Crippen molar-refractivity contribution in [2.45, 2.75) is 26.3 Å². The molecule has 1 unspecified atom stereocenters. The Labute approximate surface area is 169 Å². The van der Waals surface area contributed by atoms with Crippen LogP contribution in [0.15, 0.2) is 48.5 Å². The van der Waals surface area contributed by atoms with E-state index in [-0.39, 0.29) is 0 Å². The van der Waals surface area contributed by atoms with Crippen LogP contribution >= 0.6 is 0 Å². The Morgan fingerprint density at radius 1 is 1.18 bits per heavy atom. The summed E-state index contributed by atoms with van der Waals surface area (Å²) >= 11 is 0. The lowest BCUT2D eigenvalue weighted by molar-refractivity contribution is 0.187. The first-order valence-electron chi connectivity index (χ1n) is 10.3. The van der Waals surface area contributed by atoms with Crippen LogP contribution in [0.25, 0.3) is 0 Å². The van der Waals surface area contributed by atoms with E-state index in [0.29, 0.717) is 11.8 Å². The van der Waals surface area contributed by atoms with E-state index in [9.17, 15) is 0 Å². The third-order valence-electron chi connectivity index (χ3n) is 5.49. The third kappa shape index (κ3) is 5.12. The van der Waals surface area contributed by atoms with E-state index in [2.05, 4.69) is 64.7 Å². The topological polar surface area (TPSA) is 54.4 Å². The van der Waals surface area contributed by atoms with Crippen LogP contribution in [0.5, 0.6) is 0 Å². The molecule has 5 nitrogen and oxygen atoms in total. The lowest BCUT2D eigenvalue weighted by atomic mass is 10.0. The van der Waals surface area contributed by atoms with Gasteiger partial charge in [-0.25, -0.2) is 0 Å². The van der Waals surface area contributed by atoms with Crippen LogP contribution < -0.4 is 15.5 Å². The van der Waals surface area contributed by atoms with Gasteiger partial charge < -0.3 is 20.9 Å². The predicted molar refractivity (Wildman–Crippen MR) is 120 cm³/mol. The average Bonchev–Trinajstić information content (AvgIpc) is 2.74. The van der Waals surface area contributed by atoms with Crippen molar-refractivity contribution < 1.29 is 0 Å². The summed E-state index contributed by atoms with van der Waals surface area (Å²) in [6, 6.07) is 17.1. The number of anilines is 3. The van der Waals surface area contributed by atoms with Gasteiger partial charge in [0.1, 0.15) is 0 Å². The Hall–Kier alpha value is -2.37. The Balaban J connectivity index is 1.78. The van der Waals surface area contributed by atoms with Crippen molar-refractivity contribution >= 4 is 22.8 Å². The summed E-state index contributed by atoms with van der Waals surface area (Å²) in [7, 11) is 2.16. The van der Waals surface area contributed by atoms with Crippen molar-refractivity contribution in [2.75, 3.05) is 50.0 Å². The van der Waals surface area contributed by atoms with Crippen molar-refractivity contribution in [2.24, 2.45) is 0 Å². The molecule has 0 saturated carbocycles. The van der Waals surface area contributed by atoms with E-state index in [0.717, 1.165) is 56.1 Å². The van der Waals surface area contributed by atoms with Crippen LogP contribution in [0, 0.1) is 5.41 Å². The van der Waals surface area contributed by atoms with Crippen LogP contribution in [0.3, 0.4) is 0 Å². The minimum absolute atomic E-state index is 0.506. The molecule has 0 amide bonds. The summed E-state index contributed by atoms with van der Waals surface area (Å²) in [5.41, 5.74) is 4.84. The van der Waals surface area contributed by atoms with Gasteiger partial charge in [-0.1, -0.05) is 25.1 Å². The number of hydrogen-bond donors (Lipinski definition) is 3. The van der Waals surface area contributed by atoms with Gasteiger partial charge in [0.2, 0.25) is 0 Å². The highest BCUT2D eigenvalue weighted by Crippen LogP contribution is 2.27. The van der Waals surface area contributed by atoms with Crippen LogP contribution in [0.2, 0.25) is 0 Å². The van der Waals surface area contributed by atoms with E-state index in [1.807, 2.05) is 25.1 Å². The molecule has 3 rings (SSSR count). The van der Waals surface area contributed by atoms with Gasteiger partial charge in [0.15, 0.2) is 0 Å². The number of nitrogens with zero attached hydrogens (tertiary/aromatic N) is 2. The molecular formula is C23H33N5. The summed E-state index contributed by atoms with van der Waals surface area (Å²) in [6.45, 7) is 9.70. The molecular weight excluding hydrogens is 346 g/mol. The number of nitrogens with one attached hydrogen (secondary N) is 3. The SMILES string of the molecule is CCC(=N)c1ccc(N(C)CC(C)N2CCNCC2)cc1Nc1ccccc1. The molecule has 2 aromatic rings. The summed E-state index contributed by atoms with van der Waals surface area (Å²) in [6.07, 6.45) is 0.721. The molecule has 0 aromatic heterocycles. The number of likely N-dealkylation sites (N-methyl/N-ethyl adjacent to an activating group) is 1. The van der Waals surface area contributed by atoms with Crippen LogP contribution in [0.1, 0.15) is 25.8 Å². The lowest BCUT2D eigenvalue weighted by Crippen LogP contribution is -2.50. The van der Waals surface area contributed by atoms with Gasteiger partial charge >= 0.3 is 0 Å². The van der Waals surface area contributed by atoms with E-state index < -0.39 is 0 Å². The van der Waals surface area contributed by atoms with E-state index in [4.69, 9.17) is 5.41 Å². The Bertz CT molecular complexity index is 768. The second-order valence-corrected chi connectivity index (χ2v) is 7.57. The molecule has 1 aliphatic heterocycles. The maximum absolute atomic E-state index is 8.34. The number of benzene rings is 2. The van der Waals surface area contributed by atoms with Gasteiger partial charge in [-0.3, -0.25) is 4.90 Å². The summed E-state index contributed by atoms with van der Waals surface area (Å²) in [5, 5.41) is 15.3. The van der Waals surface area contributed by atoms with Gasteiger partial charge in [0.05, 0.1) is 0 Å². The molecule has 1 heterocycles. The first-order chi connectivity index (χ1) is 13.6. The summed E-state index contributed by atoms with van der Waals surface area (Å²) < 4.78 is 0. The summed E-state index contributed by atoms with van der Waals surface area (Å²) in [5.74, 6) is 0. The predicted octanol–water partition coefficient (Wildman–Crippen LogP) is 3.94. The van der Waals surface area contributed by atoms with Crippen molar-refractivity contribution in [1.82, 2.24) is 10.2 Å². The highest BCUT2D eigenvalue weighted by atomic mass is 15.2. The van der Waals surface area contributed by atoms with Gasteiger partial charge in [-0.15, -0.1) is 0 Å². The number of para-hydroxylation sites is 1. The number of hydrogen-bond acceptors (Lipinski definition) is 5. The zero-order valence-electron chi connectivity index (χ0n) is 17.3. The average molecular weight is 380 g/mol. The molecule has 1 aliphatic rings. The van der Waals surface area contributed by atoms with Crippen molar-refractivity contribution in [1.29, 1.82) is 5.41 Å². The molecule has 1 atom stereocenters. The van der Waals surface area contributed by atoms with Crippen LogP contribution in [-0.2, 0) is 0 Å². The zero-order valence-corrected chi connectivity index (χ0v) is 17.3. The molecule has 1 saturated heterocycles. The standard InChI is InChI=1S/C23H33N5/c1-4-22(24)21-11-10-20(16-23(21)26-19-8-6-5-7-9-19)27(3)17-18(2)28-14-12-25-13-15-28/h5-11,16,18,24-26H,4,12-15,17H2,1-3H3.